The molecule has 0 saturated carbocycles. The Kier molecular flexibility index (Phi) is 4.00. The summed E-state index contributed by atoms with van der Waals surface area (Å²) in [5.41, 5.74) is 0.570. The van der Waals surface area contributed by atoms with Crippen molar-refractivity contribution < 1.29 is 9.59 Å². The molecule has 22 heavy (non-hydrogen) atoms. The van der Waals surface area contributed by atoms with Gasteiger partial charge in [-0.1, -0.05) is 0 Å². The van der Waals surface area contributed by atoms with Gasteiger partial charge in [-0.15, -0.1) is 0 Å². The van der Waals surface area contributed by atoms with Gasteiger partial charge in [0.25, 0.3) is 5.91 Å². The molecule has 1 aromatic rings. The molecule has 2 fully saturated rings. The van der Waals surface area contributed by atoms with Gasteiger partial charge in [0, 0.05) is 19.6 Å². The van der Waals surface area contributed by atoms with Crippen LogP contribution in [0.1, 0.15) is 33.1 Å². The lowest BCUT2D eigenvalue weighted by atomic mass is 10.0. The van der Waals surface area contributed by atoms with Crippen LogP contribution >= 0.6 is 0 Å². The second-order valence-corrected chi connectivity index (χ2v) is 5.71. The average molecular weight is 302 g/mol. The maximum absolute atomic E-state index is 12.5. The smallest absolute Gasteiger partial charge is 0.332 e. The number of fused-ring (bicyclic) bond motifs is 1. The number of urea groups is 1. The quantitative estimate of drug-likeness (QED) is 0.801. The van der Waals surface area contributed by atoms with E-state index >= 15 is 0 Å². The summed E-state index contributed by atoms with van der Waals surface area (Å²) in [6.07, 6.45) is 4.38. The predicted molar refractivity (Wildman–Crippen MR) is 85.0 cm³/mol. The van der Waals surface area contributed by atoms with Crippen molar-refractivity contribution in [3.63, 3.8) is 0 Å². The second-order valence-electron chi connectivity index (χ2n) is 5.71. The highest BCUT2D eigenvalue weighted by Crippen LogP contribution is 2.30. The molecule has 2 saturated heterocycles. The Bertz CT molecular complexity index is 544. The second kappa shape index (κ2) is 5.94. The Balaban J connectivity index is 1.84. The topological polar surface area (TPSA) is 56.8 Å². The van der Waals surface area contributed by atoms with Crippen LogP contribution in [0.2, 0.25) is 0 Å². The summed E-state index contributed by atoms with van der Waals surface area (Å²) in [4.78, 5) is 34.5. The van der Waals surface area contributed by atoms with Crippen molar-refractivity contribution in [3.8, 4) is 0 Å². The maximum atomic E-state index is 12.5. The summed E-state index contributed by atoms with van der Waals surface area (Å²) in [6.45, 7) is 6.58. The van der Waals surface area contributed by atoms with Crippen LogP contribution in [0.15, 0.2) is 18.3 Å². The molecular formula is C16H22N4O2. The van der Waals surface area contributed by atoms with E-state index in [1.165, 1.54) is 4.90 Å². The number of pyridine rings is 1. The van der Waals surface area contributed by atoms with E-state index in [4.69, 9.17) is 0 Å². The first-order valence-corrected chi connectivity index (χ1v) is 8.03. The zero-order valence-electron chi connectivity index (χ0n) is 13.2. The largest absolute Gasteiger partial charge is 0.357 e. The number of hydrogen-bond donors (Lipinski definition) is 0. The van der Waals surface area contributed by atoms with Gasteiger partial charge in [-0.2, -0.15) is 0 Å². The van der Waals surface area contributed by atoms with E-state index in [2.05, 4.69) is 23.7 Å². The van der Waals surface area contributed by atoms with E-state index in [9.17, 15) is 9.59 Å². The molecule has 0 bridgehead atoms. The number of amides is 3. The lowest BCUT2D eigenvalue weighted by molar-refractivity contribution is -0.120. The number of rotatable bonds is 4. The Morgan fingerprint density at radius 2 is 2.00 bits per heavy atom. The van der Waals surface area contributed by atoms with Crippen molar-refractivity contribution in [1.29, 1.82) is 0 Å². The van der Waals surface area contributed by atoms with Crippen molar-refractivity contribution in [2.75, 3.05) is 29.4 Å². The average Bonchev–Trinajstić information content (AvgIpc) is 2.81. The van der Waals surface area contributed by atoms with E-state index in [1.807, 2.05) is 12.1 Å². The number of carbonyl (C=O) groups excluding carboxylic acids is 2. The molecule has 1 unspecified atom stereocenters. The molecule has 0 aromatic carbocycles. The summed E-state index contributed by atoms with van der Waals surface area (Å²) in [6, 6.07) is 3.21. The summed E-state index contributed by atoms with van der Waals surface area (Å²) in [7, 11) is 0. The van der Waals surface area contributed by atoms with Gasteiger partial charge in [0.05, 0.1) is 11.9 Å². The molecule has 6 nitrogen and oxygen atoms in total. The fourth-order valence-corrected chi connectivity index (χ4v) is 3.27. The number of hydrogen-bond acceptors (Lipinski definition) is 4. The SMILES string of the molecule is CCN(CC)c1ccc(N2C(=O)C3CCCCN3C2=O)cn1. The summed E-state index contributed by atoms with van der Waals surface area (Å²) in [5.74, 6) is 0.757. The molecule has 3 amide bonds. The monoisotopic (exact) mass is 302 g/mol. The molecule has 2 aliphatic heterocycles. The minimum atomic E-state index is -0.274. The fourth-order valence-electron chi connectivity index (χ4n) is 3.27. The van der Waals surface area contributed by atoms with Crippen molar-refractivity contribution in [3.05, 3.63) is 18.3 Å². The van der Waals surface area contributed by atoms with Crippen molar-refractivity contribution in [2.45, 2.75) is 39.2 Å². The highest BCUT2D eigenvalue weighted by molar-refractivity contribution is 6.21. The highest BCUT2D eigenvalue weighted by atomic mass is 16.2. The van der Waals surface area contributed by atoms with Crippen LogP contribution in [0.25, 0.3) is 0 Å². The summed E-state index contributed by atoms with van der Waals surface area (Å²) < 4.78 is 0. The van der Waals surface area contributed by atoms with E-state index in [0.717, 1.165) is 38.2 Å². The predicted octanol–water partition coefficient (Wildman–Crippen LogP) is 2.25. The van der Waals surface area contributed by atoms with Crippen molar-refractivity contribution in [2.24, 2.45) is 0 Å². The summed E-state index contributed by atoms with van der Waals surface area (Å²) >= 11 is 0. The standard InChI is InChI=1S/C16H22N4O2/c1-3-18(4-2)14-9-8-12(11-17-14)20-15(21)13-7-5-6-10-19(13)16(20)22/h8-9,11,13H,3-7,10H2,1-2H3. The third kappa shape index (κ3) is 2.32. The van der Waals surface area contributed by atoms with Crippen LogP contribution in [-0.2, 0) is 4.79 Å². The minimum Gasteiger partial charge on any atom is -0.357 e. The molecule has 0 radical (unpaired) electrons. The Morgan fingerprint density at radius 1 is 1.23 bits per heavy atom. The van der Waals surface area contributed by atoms with Gasteiger partial charge in [-0.25, -0.2) is 14.7 Å². The van der Waals surface area contributed by atoms with Gasteiger partial charge in [-0.3, -0.25) is 4.79 Å². The van der Waals surface area contributed by atoms with Crippen molar-refractivity contribution >= 4 is 23.4 Å². The van der Waals surface area contributed by atoms with Crippen LogP contribution in [0.5, 0.6) is 0 Å². The van der Waals surface area contributed by atoms with Crippen LogP contribution in [0, 0.1) is 0 Å². The molecule has 1 atom stereocenters. The maximum Gasteiger partial charge on any atom is 0.332 e. The van der Waals surface area contributed by atoms with E-state index in [0.29, 0.717) is 12.2 Å². The lowest BCUT2D eigenvalue weighted by Crippen LogP contribution is -2.39. The van der Waals surface area contributed by atoms with E-state index in [-0.39, 0.29) is 18.0 Å². The third-order valence-corrected chi connectivity index (χ3v) is 4.52. The van der Waals surface area contributed by atoms with E-state index in [1.54, 1.807) is 11.1 Å². The van der Waals surface area contributed by atoms with E-state index < -0.39 is 0 Å². The zero-order chi connectivity index (χ0) is 15.7. The number of carbonyl (C=O) groups is 2. The van der Waals surface area contributed by atoms with Gasteiger partial charge >= 0.3 is 6.03 Å². The first kappa shape index (κ1) is 14.8. The first-order chi connectivity index (χ1) is 10.7. The molecule has 0 aliphatic carbocycles. The van der Waals surface area contributed by atoms with Gasteiger partial charge in [0.2, 0.25) is 0 Å². The van der Waals surface area contributed by atoms with Crippen LogP contribution in [-0.4, -0.2) is 47.5 Å². The molecule has 3 rings (SSSR count). The molecule has 0 spiro atoms. The third-order valence-electron chi connectivity index (χ3n) is 4.52. The normalized spacial score (nSPS) is 21.3. The number of aromatic nitrogens is 1. The molecule has 2 aliphatic rings. The van der Waals surface area contributed by atoms with Gasteiger partial charge in [-0.05, 0) is 45.2 Å². The zero-order valence-corrected chi connectivity index (χ0v) is 13.2. The summed E-state index contributed by atoms with van der Waals surface area (Å²) in [5, 5.41) is 0. The highest BCUT2D eigenvalue weighted by Gasteiger charge is 2.46. The molecule has 3 heterocycles. The molecule has 6 heteroatoms. The first-order valence-electron chi connectivity index (χ1n) is 8.03. The van der Waals surface area contributed by atoms with Crippen LogP contribution in [0.3, 0.4) is 0 Å². The molecule has 118 valence electrons. The minimum absolute atomic E-state index is 0.109. The number of piperidine rings is 1. The Labute approximate surface area is 130 Å². The van der Waals surface area contributed by atoms with Crippen LogP contribution < -0.4 is 9.80 Å². The van der Waals surface area contributed by atoms with Crippen molar-refractivity contribution in [1.82, 2.24) is 9.88 Å². The van der Waals surface area contributed by atoms with Gasteiger partial charge in [0.15, 0.2) is 0 Å². The number of imide groups is 1. The van der Waals surface area contributed by atoms with Gasteiger partial charge < -0.3 is 9.80 Å². The molecule has 1 aromatic heterocycles. The Morgan fingerprint density at radius 3 is 2.59 bits per heavy atom. The Hall–Kier alpha value is -2.11. The number of nitrogens with zero attached hydrogens (tertiary/aromatic N) is 4. The fraction of sp³-hybridized carbons (Fsp3) is 0.562. The van der Waals surface area contributed by atoms with Crippen LogP contribution in [0.4, 0.5) is 16.3 Å². The molecular weight excluding hydrogens is 280 g/mol. The molecule has 0 N–H and O–H groups in total. The van der Waals surface area contributed by atoms with Gasteiger partial charge in [0.1, 0.15) is 11.9 Å². The number of anilines is 2. The lowest BCUT2D eigenvalue weighted by Gasteiger charge is -2.25.